The van der Waals surface area contributed by atoms with Gasteiger partial charge in [-0.3, -0.25) is 4.79 Å². The molecule has 0 spiro atoms. The number of benzene rings is 2. The van der Waals surface area contributed by atoms with E-state index < -0.39 is 0 Å². The Morgan fingerprint density at radius 3 is 2.48 bits per heavy atom. The molecule has 2 aromatic carbocycles. The lowest BCUT2D eigenvalue weighted by atomic mass is 10.0. The average molecular weight is 312 g/mol. The minimum Gasteiger partial charge on any atom is -0.507 e. The standard InChI is InChI=1S/C18H16O5/c1-21-9-15-16(19)8-7-13-17(20)14(10-23-18(13)15)11-3-5-12(22-2)6-4-11/h3-8,10,19H,9H2,1-2H3. The van der Waals surface area contributed by atoms with Crippen molar-refractivity contribution >= 4 is 11.0 Å². The lowest BCUT2D eigenvalue weighted by molar-refractivity contribution is 0.182. The number of rotatable bonds is 4. The van der Waals surface area contributed by atoms with Crippen LogP contribution in [0.2, 0.25) is 0 Å². The molecule has 1 N–H and O–H groups in total. The fourth-order valence-electron chi connectivity index (χ4n) is 2.50. The minimum atomic E-state index is -0.159. The number of phenols is 1. The fraction of sp³-hybridized carbons (Fsp3) is 0.167. The Kier molecular flexibility index (Phi) is 4.04. The van der Waals surface area contributed by atoms with E-state index in [-0.39, 0.29) is 17.8 Å². The van der Waals surface area contributed by atoms with E-state index in [1.165, 1.54) is 19.4 Å². The van der Waals surface area contributed by atoms with Crippen LogP contribution in [0, 0.1) is 0 Å². The molecule has 1 heterocycles. The molecule has 0 aliphatic rings. The SMILES string of the molecule is COCc1c(O)ccc2c(=O)c(-c3ccc(OC)cc3)coc12. The smallest absolute Gasteiger partial charge is 0.200 e. The van der Waals surface area contributed by atoms with E-state index in [0.29, 0.717) is 27.8 Å². The van der Waals surface area contributed by atoms with Gasteiger partial charge in [-0.2, -0.15) is 0 Å². The van der Waals surface area contributed by atoms with Crippen LogP contribution in [0.5, 0.6) is 11.5 Å². The van der Waals surface area contributed by atoms with Crippen LogP contribution in [0.25, 0.3) is 22.1 Å². The van der Waals surface area contributed by atoms with Crippen molar-refractivity contribution in [1.29, 1.82) is 0 Å². The summed E-state index contributed by atoms with van der Waals surface area (Å²) in [6, 6.07) is 10.2. The van der Waals surface area contributed by atoms with Crippen molar-refractivity contribution in [2.75, 3.05) is 14.2 Å². The van der Waals surface area contributed by atoms with Gasteiger partial charge >= 0.3 is 0 Å². The van der Waals surface area contributed by atoms with Crippen molar-refractivity contribution in [3.05, 3.63) is 58.4 Å². The first-order valence-corrected chi connectivity index (χ1v) is 7.05. The van der Waals surface area contributed by atoms with Gasteiger partial charge in [-0.15, -0.1) is 0 Å². The Labute approximate surface area is 132 Å². The number of hydrogen-bond acceptors (Lipinski definition) is 5. The molecule has 0 saturated heterocycles. The summed E-state index contributed by atoms with van der Waals surface area (Å²) < 4.78 is 15.8. The van der Waals surface area contributed by atoms with Crippen molar-refractivity contribution in [3.8, 4) is 22.6 Å². The summed E-state index contributed by atoms with van der Waals surface area (Å²) in [7, 11) is 3.10. The van der Waals surface area contributed by atoms with Gasteiger partial charge < -0.3 is 19.0 Å². The topological polar surface area (TPSA) is 68.9 Å². The number of ether oxygens (including phenoxy) is 2. The molecule has 5 heteroatoms. The summed E-state index contributed by atoms with van der Waals surface area (Å²) in [6.07, 6.45) is 1.41. The number of methoxy groups -OCH3 is 2. The second-order valence-corrected chi connectivity index (χ2v) is 5.08. The highest BCUT2D eigenvalue weighted by Crippen LogP contribution is 2.28. The van der Waals surface area contributed by atoms with Crippen LogP contribution < -0.4 is 10.2 Å². The van der Waals surface area contributed by atoms with E-state index in [4.69, 9.17) is 13.9 Å². The normalized spacial score (nSPS) is 10.9. The maximum atomic E-state index is 12.7. The maximum absolute atomic E-state index is 12.7. The summed E-state index contributed by atoms with van der Waals surface area (Å²) in [5.74, 6) is 0.755. The van der Waals surface area contributed by atoms with E-state index in [1.807, 2.05) is 0 Å². The molecule has 0 bridgehead atoms. The van der Waals surface area contributed by atoms with Crippen LogP contribution in [0.4, 0.5) is 0 Å². The van der Waals surface area contributed by atoms with Crippen LogP contribution >= 0.6 is 0 Å². The van der Waals surface area contributed by atoms with Crippen molar-refractivity contribution < 1.29 is 19.0 Å². The minimum absolute atomic E-state index is 0.0414. The zero-order valence-corrected chi connectivity index (χ0v) is 12.8. The van der Waals surface area contributed by atoms with Crippen molar-refractivity contribution in [2.45, 2.75) is 6.61 Å². The Balaban J connectivity index is 2.19. The van der Waals surface area contributed by atoms with E-state index in [9.17, 15) is 9.90 Å². The molecule has 0 unspecified atom stereocenters. The fourth-order valence-corrected chi connectivity index (χ4v) is 2.50. The average Bonchev–Trinajstić information content (AvgIpc) is 2.58. The number of fused-ring (bicyclic) bond motifs is 1. The molecule has 118 valence electrons. The van der Waals surface area contributed by atoms with Crippen LogP contribution in [0.3, 0.4) is 0 Å². The summed E-state index contributed by atoms with van der Waals surface area (Å²) in [6.45, 7) is 0.161. The maximum Gasteiger partial charge on any atom is 0.200 e. The second-order valence-electron chi connectivity index (χ2n) is 5.08. The molecule has 5 nitrogen and oxygen atoms in total. The number of aromatic hydroxyl groups is 1. The van der Waals surface area contributed by atoms with Gasteiger partial charge in [-0.05, 0) is 29.8 Å². The van der Waals surface area contributed by atoms with Gasteiger partial charge in [0, 0.05) is 7.11 Å². The molecule has 1 aromatic heterocycles. The van der Waals surface area contributed by atoms with Gasteiger partial charge in [0.1, 0.15) is 23.3 Å². The molecule has 0 saturated carbocycles. The third-order valence-corrected chi connectivity index (χ3v) is 3.71. The van der Waals surface area contributed by atoms with Crippen molar-refractivity contribution in [1.82, 2.24) is 0 Å². The number of hydrogen-bond donors (Lipinski definition) is 1. The van der Waals surface area contributed by atoms with Crippen molar-refractivity contribution in [3.63, 3.8) is 0 Å². The monoisotopic (exact) mass is 312 g/mol. The van der Waals surface area contributed by atoms with Crippen LogP contribution in [-0.2, 0) is 11.3 Å². The van der Waals surface area contributed by atoms with E-state index in [0.717, 1.165) is 5.56 Å². The first-order valence-electron chi connectivity index (χ1n) is 7.05. The van der Waals surface area contributed by atoms with Gasteiger partial charge in [0.05, 0.1) is 30.2 Å². The molecule has 0 aliphatic heterocycles. The summed E-state index contributed by atoms with van der Waals surface area (Å²) >= 11 is 0. The third-order valence-electron chi connectivity index (χ3n) is 3.71. The van der Waals surface area contributed by atoms with Crippen LogP contribution in [0.1, 0.15) is 5.56 Å². The molecule has 3 rings (SSSR count). The highest BCUT2D eigenvalue weighted by atomic mass is 16.5. The van der Waals surface area contributed by atoms with E-state index in [1.54, 1.807) is 37.4 Å². The molecular formula is C18H16O5. The Bertz CT molecular complexity index is 894. The molecule has 0 radical (unpaired) electrons. The van der Waals surface area contributed by atoms with Gasteiger partial charge in [-0.1, -0.05) is 12.1 Å². The van der Waals surface area contributed by atoms with Crippen LogP contribution in [0.15, 0.2) is 51.9 Å². The Morgan fingerprint density at radius 2 is 1.83 bits per heavy atom. The summed E-state index contributed by atoms with van der Waals surface area (Å²) in [4.78, 5) is 12.7. The van der Waals surface area contributed by atoms with E-state index in [2.05, 4.69) is 0 Å². The molecule has 23 heavy (non-hydrogen) atoms. The van der Waals surface area contributed by atoms with Crippen LogP contribution in [-0.4, -0.2) is 19.3 Å². The quantitative estimate of drug-likeness (QED) is 0.800. The molecule has 0 amide bonds. The highest BCUT2D eigenvalue weighted by molar-refractivity contribution is 5.85. The van der Waals surface area contributed by atoms with Crippen molar-refractivity contribution in [2.24, 2.45) is 0 Å². The molecular weight excluding hydrogens is 296 g/mol. The third kappa shape index (κ3) is 2.66. The lowest BCUT2D eigenvalue weighted by Crippen LogP contribution is -2.06. The lowest BCUT2D eigenvalue weighted by Gasteiger charge is -2.08. The molecule has 0 aliphatic carbocycles. The van der Waals surface area contributed by atoms with Gasteiger partial charge in [-0.25, -0.2) is 0 Å². The van der Waals surface area contributed by atoms with Gasteiger partial charge in [0.25, 0.3) is 0 Å². The zero-order chi connectivity index (χ0) is 16.4. The summed E-state index contributed by atoms with van der Waals surface area (Å²) in [5.41, 5.74) is 1.84. The molecule has 3 aromatic rings. The number of phenolic OH excluding ortho intramolecular Hbond substituents is 1. The predicted octanol–water partition coefficient (Wildman–Crippen LogP) is 3.32. The predicted molar refractivity (Wildman–Crippen MR) is 86.8 cm³/mol. The zero-order valence-electron chi connectivity index (χ0n) is 12.8. The molecule has 0 atom stereocenters. The van der Waals surface area contributed by atoms with E-state index >= 15 is 0 Å². The highest BCUT2D eigenvalue weighted by Gasteiger charge is 2.15. The summed E-state index contributed by atoms with van der Waals surface area (Å²) in [5, 5.41) is 10.3. The first kappa shape index (κ1) is 15.1. The van der Waals surface area contributed by atoms with Gasteiger partial charge in [0.2, 0.25) is 5.43 Å². The van der Waals surface area contributed by atoms with Gasteiger partial charge in [0.15, 0.2) is 0 Å². The largest absolute Gasteiger partial charge is 0.507 e. The Hall–Kier alpha value is -2.79. The molecule has 0 fully saturated rings. The second kappa shape index (κ2) is 6.14. The Morgan fingerprint density at radius 1 is 1.09 bits per heavy atom. The first-order chi connectivity index (χ1) is 11.2.